The van der Waals surface area contributed by atoms with Gasteiger partial charge >= 0.3 is 4.87 Å². The molecule has 0 fully saturated rings. The van der Waals surface area contributed by atoms with Crippen molar-refractivity contribution in [3.63, 3.8) is 0 Å². The minimum atomic E-state index is -0.126. The molecule has 1 unspecified atom stereocenters. The number of hydrogen-bond donors (Lipinski definition) is 0. The summed E-state index contributed by atoms with van der Waals surface area (Å²) >= 11 is 4.70. The second-order valence-electron chi connectivity index (χ2n) is 6.35. The molecule has 4 rings (SSSR count). The Morgan fingerprint density at radius 1 is 1.15 bits per heavy atom. The first-order valence-corrected chi connectivity index (χ1v) is 10.0. The van der Waals surface area contributed by atoms with Crippen LogP contribution in [-0.2, 0) is 11.8 Å². The van der Waals surface area contributed by atoms with Gasteiger partial charge in [0.15, 0.2) is 0 Å². The number of carbonyl (C=O) groups is 1. The van der Waals surface area contributed by atoms with Crippen molar-refractivity contribution in [2.75, 3.05) is 12.0 Å². The number of anilines is 2. The van der Waals surface area contributed by atoms with Crippen LogP contribution in [0.25, 0.3) is 0 Å². The van der Waals surface area contributed by atoms with Crippen LogP contribution in [0, 0.1) is 0 Å². The summed E-state index contributed by atoms with van der Waals surface area (Å²) in [5.41, 5.74) is 1.75. The number of carbonyl (C=O) groups excluding carboxylic acids is 1. The van der Waals surface area contributed by atoms with Crippen LogP contribution in [0.1, 0.15) is 22.8 Å². The predicted molar refractivity (Wildman–Crippen MR) is 110 cm³/mol. The SMILES string of the molecule is COc1ccc(N2C(=O)CC(c3cccc(Br)c3)c3sc(=O)n(C)c32)cc1. The quantitative estimate of drug-likeness (QED) is 0.600. The molecule has 0 aliphatic carbocycles. The molecule has 5 nitrogen and oxygen atoms in total. The Balaban J connectivity index is 1.86. The Bertz CT molecular complexity index is 1070. The van der Waals surface area contributed by atoms with Gasteiger partial charge in [-0.05, 0) is 42.0 Å². The van der Waals surface area contributed by atoms with Gasteiger partial charge < -0.3 is 4.74 Å². The number of halogens is 1. The van der Waals surface area contributed by atoms with Gasteiger partial charge in [-0.25, -0.2) is 0 Å². The summed E-state index contributed by atoms with van der Waals surface area (Å²) in [6.07, 6.45) is 0.315. The normalized spacial score (nSPS) is 16.3. The fraction of sp³-hybridized carbons (Fsp3) is 0.200. The van der Waals surface area contributed by atoms with Crippen molar-refractivity contribution in [2.24, 2.45) is 7.05 Å². The second-order valence-corrected chi connectivity index (χ2v) is 8.26. The zero-order chi connectivity index (χ0) is 19.1. The number of nitrogens with zero attached hydrogens (tertiary/aromatic N) is 2. The Morgan fingerprint density at radius 2 is 1.89 bits per heavy atom. The molecule has 0 saturated carbocycles. The highest BCUT2D eigenvalue weighted by molar-refractivity contribution is 9.10. The molecule has 2 aromatic carbocycles. The van der Waals surface area contributed by atoms with Crippen LogP contribution in [0.3, 0.4) is 0 Å². The Kier molecular flexibility index (Phi) is 4.65. The van der Waals surface area contributed by atoms with Crippen LogP contribution < -0.4 is 14.5 Å². The summed E-state index contributed by atoms with van der Waals surface area (Å²) in [4.78, 5) is 28.0. The Hall–Kier alpha value is -2.38. The molecule has 1 atom stereocenters. The number of rotatable bonds is 3. The van der Waals surface area contributed by atoms with E-state index in [0.717, 1.165) is 26.4 Å². The molecule has 0 saturated heterocycles. The van der Waals surface area contributed by atoms with Gasteiger partial charge in [0.1, 0.15) is 11.6 Å². The average Bonchev–Trinajstić information content (AvgIpc) is 2.96. The third-order valence-corrected chi connectivity index (χ3v) is 6.38. The highest BCUT2D eigenvalue weighted by Crippen LogP contribution is 2.44. The third kappa shape index (κ3) is 3.11. The molecule has 27 heavy (non-hydrogen) atoms. The lowest BCUT2D eigenvalue weighted by Gasteiger charge is -2.32. The minimum Gasteiger partial charge on any atom is -0.497 e. The fourth-order valence-corrected chi connectivity index (χ4v) is 4.92. The lowest BCUT2D eigenvalue weighted by Crippen LogP contribution is -2.34. The van der Waals surface area contributed by atoms with Crippen molar-refractivity contribution in [3.8, 4) is 5.75 Å². The van der Waals surface area contributed by atoms with Crippen molar-refractivity contribution in [1.82, 2.24) is 4.57 Å². The lowest BCUT2D eigenvalue weighted by molar-refractivity contribution is -0.118. The van der Waals surface area contributed by atoms with Crippen LogP contribution in [0.4, 0.5) is 11.5 Å². The molecule has 0 spiro atoms. The maximum Gasteiger partial charge on any atom is 0.308 e. The maximum absolute atomic E-state index is 13.1. The van der Waals surface area contributed by atoms with E-state index in [1.807, 2.05) is 48.5 Å². The van der Waals surface area contributed by atoms with Crippen LogP contribution in [-0.4, -0.2) is 17.6 Å². The zero-order valence-electron chi connectivity index (χ0n) is 14.8. The fourth-order valence-electron chi connectivity index (χ4n) is 3.41. The largest absolute Gasteiger partial charge is 0.497 e. The number of ether oxygens (including phenoxy) is 1. The van der Waals surface area contributed by atoms with E-state index in [4.69, 9.17) is 4.74 Å². The molecule has 2 heterocycles. The number of fused-ring (bicyclic) bond motifs is 1. The highest BCUT2D eigenvalue weighted by Gasteiger charge is 2.37. The summed E-state index contributed by atoms with van der Waals surface area (Å²) in [5.74, 6) is 1.20. The minimum absolute atomic E-state index is 0.0361. The van der Waals surface area contributed by atoms with Crippen molar-refractivity contribution < 1.29 is 9.53 Å². The van der Waals surface area contributed by atoms with Crippen LogP contribution >= 0.6 is 27.3 Å². The predicted octanol–water partition coefficient (Wildman–Crippen LogP) is 4.42. The van der Waals surface area contributed by atoms with Gasteiger partial charge in [0.25, 0.3) is 0 Å². The molecule has 138 valence electrons. The zero-order valence-corrected chi connectivity index (χ0v) is 17.2. The van der Waals surface area contributed by atoms with E-state index < -0.39 is 0 Å². The molecule has 0 bridgehead atoms. The Labute approximate surface area is 168 Å². The molecule has 0 radical (unpaired) electrons. The standard InChI is InChI=1S/C20H17BrN2O3S/c1-22-19-18(27-20(22)25)16(12-4-3-5-13(21)10-12)11-17(24)23(19)14-6-8-15(26-2)9-7-14/h3-10,16H,11H2,1-2H3. The maximum atomic E-state index is 13.1. The van der Waals surface area contributed by atoms with Gasteiger partial charge in [-0.2, -0.15) is 0 Å². The van der Waals surface area contributed by atoms with Gasteiger partial charge in [0.2, 0.25) is 5.91 Å². The first kappa shape index (κ1) is 18.0. The van der Waals surface area contributed by atoms with E-state index in [0.29, 0.717) is 12.2 Å². The molecule has 7 heteroatoms. The lowest BCUT2D eigenvalue weighted by atomic mass is 9.90. The summed E-state index contributed by atoms with van der Waals surface area (Å²) < 4.78 is 7.72. The molecule has 1 aromatic heterocycles. The molecule has 1 aliphatic heterocycles. The summed E-state index contributed by atoms with van der Waals surface area (Å²) in [7, 11) is 3.31. The second kappa shape index (κ2) is 6.98. The van der Waals surface area contributed by atoms with E-state index in [9.17, 15) is 9.59 Å². The summed E-state index contributed by atoms with van der Waals surface area (Å²) in [6, 6.07) is 15.2. The van der Waals surface area contributed by atoms with Crippen molar-refractivity contribution >= 4 is 44.7 Å². The number of thiazole rings is 1. The average molecular weight is 445 g/mol. The van der Waals surface area contributed by atoms with Crippen molar-refractivity contribution in [1.29, 1.82) is 0 Å². The molecule has 1 amide bonds. The summed E-state index contributed by atoms with van der Waals surface area (Å²) in [5, 5.41) is 0. The number of hydrogen-bond acceptors (Lipinski definition) is 4. The van der Waals surface area contributed by atoms with Crippen molar-refractivity contribution in [2.45, 2.75) is 12.3 Å². The molecule has 1 aliphatic rings. The van der Waals surface area contributed by atoms with Gasteiger partial charge in [-0.15, -0.1) is 0 Å². The Morgan fingerprint density at radius 3 is 2.56 bits per heavy atom. The van der Waals surface area contributed by atoms with E-state index in [2.05, 4.69) is 15.9 Å². The number of methoxy groups -OCH3 is 1. The topological polar surface area (TPSA) is 51.5 Å². The summed E-state index contributed by atoms with van der Waals surface area (Å²) in [6.45, 7) is 0. The van der Waals surface area contributed by atoms with E-state index in [1.165, 1.54) is 11.3 Å². The van der Waals surface area contributed by atoms with Gasteiger partial charge in [-0.1, -0.05) is 39.4 Å². The number of aromatic nitrogens is 1. The van der Waals surface area contributed by atoms with Gasteiger partial charge in [0.05, 0.1) is 17.7 Å². The van der Waals surface area contributed by atoms with Crippen LogP contribution in [0.15, 0.2) is 57.8 Å². The van der Waals surface area contributed by atoms with E-state index in [-0.39, 0.29) is 16.7 Å². The molecule has 3 aromatic rings. The monoisotopic (exact) mass is 444 g/mol. The number of amides is 1. The molecular formula is C20H17BrN2O3S. The van der Waals surface area contributed by atoms with Gasteiger partial charge in [-0.3, -0.25) is 19.1 Å². The first-order valence-electron chi connectivity index (χ1n) is 8.41. The molecule has 0 N–H and O–H groups in total. The van der Waals surface area contributed by atoms with Crippen LogP contribution in [0.5, 0.6) is 5.75 Å². The first-order chi connectivity index (χ1) is 13.0. The van der Waals surface area contributed by atoms with Gasteiger partial charge in [0, 0.05) is 23.9 Å². The number of benzene rings is 2. The smallest absolute Gasteiger partial charge is 0.308 e. The van der Waals surface area contributed by atoms with Crippen LogP contribution in [0.2, 0.25) is 0 Å². The third-order valence-electron chi connectivity index (χ3n) is 4.75. The van der Waals surface area contributed by atoms with E-state index in [1.54, 1.807) is 23.6 Å². The highest BCUT2D eigenvalue weighted by atomic mass is 79.9. The molecular weight excluding hydrogens is 428 g/mol. The van der Waals surface area contributed by atoms with Crippen molar-refractivity contribution in [3.05, 3.63) is 73.1 Å². The van der Waals surface area contributed by atoms with E-state index >= 15 is 0 Å².